The number of H-pyrrole nitrogens is 1. The first kappa shape index (κ1) is 18.8. The smallest absolute Gasteiger partial charge is 0.230 e. The van der Waals surface area contributed by atoms with Crippen LogP contribution in [0.15, 0.2) is 30.7 Å². The molecule has 0 spiro atoms. The van der Waals surface area contributed by atoms with E-state index in [1.165, 1.54) is 6.20 Å². The SMILES string of the molecule is O=C(C1C=C(c2cn[nH]c2)SC1)N1CCC(O)(c2ncc(Cl)cc2Cl)CC1. The van der Waals surface area contributed by atoms with E-state index in [0.29, 0.717) is 41.7 Å². The molecule has 142 valence electrons. The summed E-state index contributed by atoms with van der Waals surface area (Å²) in [4.78, 5) is 20.0. The summed E-state index contributed by atoms with van der Waals surface area (Å²) in [7, 11) is 0. The highest BCUT2D eigenvalue weighted by atomic mass is 35.5. The van der Waals surface area contributed by atoms with E-state index in [0.717, 1.165) is 16.2 Å². The molecule has 9 heteroatoms. The maximum Gasteiger partial charge on any atom is 0.230 e. The van der Waals surface area contributed by atoms with Crippen molar-refractivity contribution in [2.75, 3.05) is 18.8 Å². The standard InChI is InChI=1S/C18H18Cl2N4O2S/c19-13-6-14(20)16(21-9-13)18(26)1-3-24(4-2-18)17(25)11-5-15(27-10-11)12-7-22-23-8-12/h5-9,11,26H,1-4,10H2,(H,22,23). The van der Waals surface area contributed by atoms with Crippen LogP contribution in [-0.2, 0) is 10.4 Å². The summed E-state index contributed by atoms with van der Waals surface area (Å²) in [6, 6.07) is 1.58. The molecular weight excluding hydrogens is 407 g/mol. The Hall–Kier alpha value is -1.54. The molecule has 27 heavy (non-hydrogen) atoms. The number of amides is 1. The van der Waals surface area contributed by atoms with E-state index in [9.17, 15) is 9.90 Å². The lowest BCUT2D eigenvalue weighted by Gasteiger charge is -2.38. The van der Waals surface area contributed by atoms with Crippen molar-refractivity contribution >= 4 is 45.8 Å². The van der Waals surface area contributed by atoms with Crippen LogP contribution in [0.4, 0.5) is 0 Å². The van der Waals surface area contributed by atoms with Crippen LogP contribution in [0.2, 0.25) is 10.0 Å². The first-order valence-corrected chi connectivity index (χ1v) is 10.4. The number of halogens is 2. The number of rotatable bonds is 3. The Bertz CT molecular complexity index is 879. The Morgan fingerprint density at radius 1 is 1.33 bits per heavy atom. The van der Waals surface area contributed by atoms with Gasteiger partial charge in [-0.05, 0) is 18.9 Å². The van der Waals surface area contributed by atoms with Crippen molar-refractivity contribution < 1.29 is 9.90 Å². The van der Waals surface area contributed by atoms with Crippen molar-refractivity contribution in [3.8, 4) is 0 Å². The van der Waals surface area contributed by atoms with E-state index >= 15 is 0 Å². The molecule has 1 saturated heterocycles. The van der Waals surface area contributed by atoms with Crippen LogP contribution in [0.25, 0.3) is 4.91 Å². The Kier molecular flexibility index (Phi) is 5.20. The van der Waals surface area contributed by atoms with Crippen molar-refractivity contribution in [1.82, 2.24) is 20.1 Å². The quantitative estimate of drug-likeness (QED) is 0.789. The molecule has 1 fully saturated rings. The van der Waals surface area contributed by atoms with E-state index in [2.05, 4.69) is 15.2 Å². The first-order valence-electron chi connectivity index (χ1n) is 8.63. The van der Waals surface area contributed by atoms with E-state index in [1.54, 1.807) is 24.0 Å². The number of hydrogen-bond donors (Lipinski definition) is 2. The minimum absolute atomic E-state index is 0.0956. The third-order valence-electron chi connectivity index (χ3n) is 5.02. The van der Waals surface area contributed by atoms with Crippen LogP contribution in [0, 0.1) is 5.92 Å². The monoisotopic (exact) mass is 424 g/mol. The fourth-order valence-corrected chi connectivity index (χ4v) is 5.18. The number of nitrogens with zero attached hydrogens (tertiary/aromatic N) is 3. The summed E-state index contributed by atoms with van der Waals surface area (Å²) in [6.07, 6.45) is 7.87. The van der Waals surface area contributed by atoms with Crippen LogP contribution in [0.5, 0.6) is 0 Å². The van der Waals surface area contributed by atoms with E-state index < -0.39 is 5.60 Å². The maximum absolute atomic E-state index is 12.9. The first-order chi connectivity index (χ1) is 13.0. The zero-order valence-electron chi connectivity index (χ0n) is 14.4. The molecule has 2 aromatic rings. The predicted molar refractivity (Wildman–Crippen MR) is 106 cm³/mol. The molecule has 4 heterocycles. The molecule has 4 rings (SSSR count). The Morgan fingerprint density at radius 3 is 2.78 bits per heavy atom. The second-order valence-electron chi connectivity index (χ2n) is 6.78. The number of carbonyl (C=O) groups excluding carboxylic acids is 1. The average Bonchev–Trinajstić information content (AvgIpc) is 3.33. The second-order valence-corrected chi connectivity index (χ2v) is 8.68. The lowest BCUT2D eigenvalue weighted by molar-refractivity contribution is -0.138. The number of carbonyl (C=O) groups is 1. The van der Waals surface area contributed by atoms with Gasteiger partial charge in [0.2, 0.25) is 5.91 Å². The minimum atomic E-state index is -1.14. The van der Waals surface area contributed by atoms with Crippen LogP contribution in [-0.4, -0.2) is 49.9 Å². The van der Waals surface area contributed by atoms with Gasteiger partial charge in [0, 0.05) is 41.7 Å². The summed E-state index contributed by atoms with van der Waals surface area (Å²) in [5.74, 6) is 0.673. The minimum Gasteiger partial charge on any atom is -0.383 e. The number of piperidine rings is 1. The molecule has 0 bridgehead atoms. The molecule has 6 nitrogen and oxygen atoms in total. The third-order valence-corrected chi connectivity index (χ3v) is 6.73. The molecule has 1 amide bonds. The summed E-state index contributed by atoms with van der Waals surface area (Å²) in [5, 5.41) is 18.5. The highest BCUT2D eigenvalue weighted by molar-refractivity contribution is 8.08. The Labute approximate surface area is 170 Å². The fraction of sp³-hybridized carbons (Fsp3) is 0.389. The van der Waals surface area contributed by atoms with Crippen LogP contribution in [0.3, 0.4) is 0 Å². The zero-order chi connectivity index (χ0) is 19.0. The van der Waals surface area contributed by atoms with E-state index in [1.807, 2.05) is 17.2 Å². The van der Waals surface area contributed by atoms with Gasteiger partial charge in [-0.25, -0.2) is 0 Å². The number of hydrogen-bond acceptors (Lipinski definition) is 5. The number of pyridine rings is 1. The third kappa shape index (κ3) is 3.74. The predicted octanol–water partition coefficient (Wildman–Crippen LogP) is 3.33. The topological polar surface area (TPSA) is 82.1 Å². The van der Waals surface area contributed by atoms with Gasteiger partial charge in [0.25, 0.3) is 0 Å². The maximum atomic E-state index is 12.9. The van der Waals surface area contributed by atoms with E-state index in [4.69, 9.17) is 23.2 Å². The number of aromatic nitrogens is 3. The van der Waals surface area contributed by atoms with Gasteiger partial charge in [0.1, 0.15) is 5.60 Å². The number of aliphatic hydroxyl groups is 1. The van der Waals surface area contributed by atoms with Gasteiger partial charge in [-0.2, -0.15) is 5.10 Å². The van der Waals surface area contributed by atoms with Crippen molar-refractivity contribution in [1.29, 1.82) is 0 Å². The lowest BCUT2D eigenvalue weighted by Crippen LogP contribution is -2.47. The van der Waals surface area contributed by atoms with Crippen molar-refractivity contribution in [3.63, 3.8) is 0 Å². The second kappa shape index (κ2) is 7.47. The lowest BCUT2D eigenvalue weighted by atomic mass is 9.87. The van der Waals surface area contributed by atoms with Crippen LogP contribution >= 0.6 is 35.0 Å². The van der Waals surface area contributed by atoms with Crippen LogP contribution in [0.1, 0.15) is 24.1 Å². The van der Waals surface area contributed by atoms with Gasteiger partial charge >= 0.3 is 0 Å². The molecule has 2 aliphatic heterocycles. The number of likely N-dealkylation sites (tertiary alicyclic amines) is 1. The van der Waals surface area contributed by atoms with E-state index in [-0.39, 0.29) is 11.8 Å². The van der Waals surface area contributed by atoms with Gasteiger partial charge in [-0.1, -0.05) is 29.3 Å². The molecule has 2 N–H and O–H groups in total. The molecule has 2 aromatic heterocycles. The average molecular weight is 425 g/mol. The Morgan fingerprint density at radius 2 is 2.11 bits per heavy atom. The normalized spacial score (nSPS) is 22.0. The summed E-state index contributed by atoms with van der Waals surface area (Å²) < 4.78 is 0. The van der Waals surface area contributed by atoms with Crippen molar-refractivity contribution in [2.45, 2.75) is 18.4 Å². The van der Waals surface area contributed by atoms with Gasteiger partial charge in [0.05, 0.1) is 27.9 Å². The molecule has 0 aliphatic carbocycles. The molecule has 0 aromatic carbocycles. The summed E-state index contributed by atoms with van der Waals surface area (Å²) in [6.45, 7) is 0.929. The van der Waals surface area contributed by atoms with Crippen molar-refractivity contribution in [2.24, 2.45) is 5.92 Å². The van der Waals surface area contributed by atoms with Gasteiger partial charge in [0.15, 0.2) is 0 Å². The molecular formula is C18H18Cl2N4O2S. The number of thioether (sulfide) groups is 1. The van der Waals surface area contributed by atoms with Gasteiger partial charge < -0.3 is 10.0 Å². The number of aromatic amines is 1. The molecule has 0 saturated carbocycles. The number of nitrogens with one attached hydrogen (secondary N) is 1. The largest absolute Gasteiger partial charge is 0.383 e. The fourth-order valence-electron chi connectivity index (χ4n) is 3.49. The van der Waals surface area contributed by atoms with Gasteiger partial charge in [-0.15, -0.1) is 11.8 Å². The highest BCUT2D eigenvalue weighted by Gasteiger charge is 2.39. The van der Waals surface area contributed by atoms with Crippen LogP contribution < -0.4 is 0 Å². The highest BCUT2D eigenvalue weighted by Crippen LogP contribution is 2.39. The van der Waals surface area contributed by atoms with Gasteiger partial charge in [-0.3, -0.25) is 14.9 Å². The summed E-state index contributed by atoms with van der Waals surface area (Å²) in [5.41, 5.74) is 0.298. The summed E-state index contributed by atoms with van der Waals surface area (Å²) >= 11 is 13.8. The molecule has 2 aliphatic rings. The zero-order valence-corrected chi connectivity index (χ0v) is 16.7. The Balaban J connectivity index is 1.42. The molecule has 1 unspecified atom stereocenters. The molecule has 0 radical (unpaired) electrons. The van der Waals surface area contributed by atoms with Crippen molar-refractivity contribution in [3.05, 3.63) is 52.0 Å². The molecule has 1 atom stereocenters.